The molecule has 4 aliphatic rings. The zero-order valence-corrected chi connectivity index (χ0v) is 24.3. The number of carboxylic acids is 1. The van der Waals surface area contributed by atoms with Crippen LogP contribution in [0, 0.1) is 46.3 Å². The summed E-state index contributed by atoms with van der Waals surface area (Å²) in [4.78, 5) is 24.6. The average Bonchev–Trinajstić information content (AvgIpc) is 3.28. The Morgan fingerprint density at radius 2 is 1.60 bits per heavy atom. The molecule has 4 aliphatic carbocycles. The largest absolute Gasteiger partial charge is 0.480 e. The van der Waals surface area contributed by atoms with E-state index < -0.39 is 24.2 Å². The van der Waals surface area contributed by atoms with Crippen molar-refractivity contribution in [3.63, 3.8) is 0 Å². The maximum Gasteiger partial charge on any atom is 0.326 e. The van der Waals surface area contributed by atoms with Gasteiger partial charge in [0.2, 0.25) is 5.91 Å². The van der Waals surface area contributed by atoms with Crippen LogP contribution in [-0.2, 0) is 16.0 Å². The molecule has 40 heavy (non-hydrogen) atoms. The van der Waals surface area contributed by atoms with Crippen LogP contribution in [-0.4, -0.2) is 56.7 Å². The topological polar surface area (TPSA) is 127 Å². The molecular formula is C33H49NO6. The number of aliphatic hydroxyl groups is 3. The van der Waals surface area contributed by atoms with Gasteiger partial charge in [-0.1, -0.05) is 51.1 Å². The van der Waals surface area contributed by atoms with E-state index in [1.807, 2.05) is 30.3 Å². The fraction of sp³-hybridized carbons (Fsp3) is 0.758. The Balaban J connectivity index is 1.22. The second kappa shape index (κ2) is 11.4. The standard InChI is InChI=1S/C33H49NO6/c1-19(9-12-27(36)34-26(31(39)40)17-20-7-5-4-6-8-20)22-10-11-23-28-24(14-16-32(22,23)2)33(3)15-13-21(35)18-25(33)29(37)30(28)38/h4-8,19,21-26,28-30,35,37-38H,9-18H2,1-3H3,(H,34,36)(H,39,40)/t19-,21-,22-,23+,24+,25+,26?,28+,29+,30-,32-,33-/m1/s1. The van der Waals surface area contributed by atoms with E-state index in [9.17, 15) is 30.0 Å². The van der Waals surface area contributed by atoms with Crippen LogP contribution in [0.15, 0.2) is 30.3 Å². The first-order chi connectivity index (χ1) is 19.0. The molecule has 0 bridgehead atoms. The van der Waals surface area contributed by atoms with Gasteiger partial charge in [-0.05, 0) is 103 Å². The number of fused-ring (bicyclic) bond motifs is 5. The maximum absolute atomic E-state index is 12.8. The Hall–Kier alpha value is -1.96. The highest BCUT2D eigenvalue weighted by atomic mass is 16.4. The first-order valence-electron chi connectivity index (χ1n) is 15.6. The smallest absolute Gasteiger partial charge is 0.326 e. The summed E-state index contributed by atoms with van der Waals surface area (Å²) in [5.74, 6) is 0.195. The molecule has 7 nitrogen and oxygen atoms in total. The Bertz CT molecular complexity index is 1060. The van der Waals surface area contributed by atoms with Gasteiger partial charge in [0.15, 0.2) is 0 Å². The van der Waals surface area contributed by atoms with Crippen molar-refractivity contribution in [2.45, 2.75) is 109 Å². The van der Waals surface area contributed by atoms with Crippen LogP contribution >= 0.6 is 0 Å². The van der Waals surface area contributed by atoms with Crippen LogP contribution in [0.25, 0.3) is 0 Å². The third kappa shape index (κ3) is 5.22. The molecule has 0 heterocycles. The number of amides is 1. The maximum atomic E-state index is 12.8. The molecule has 4 saturated carbocycles. The van der Waals surface area contributed by atoms with Crippen LogP contribution in [0.5, 0.6) is 0 Å². The van der Waals surface area contributed by atoms with E-state index in [0.717, 1.165) is 44.1 Å². The fourth-order valence-corrected chi connectivity index (χ4v) is 10.1. The molecule has 4 fully saturated rings. The number of aliphatic carboxylic acids is 1. The summed E-state index contributed by atoms with van der Waals surface area (Å²) in [5, 5.41) is 45.5. The lowest BCUT2D eigenvalue weighted by atomic mass is 9.43. The molecule has 12 atom stereocenters. The van der Waals surface area contributed by atoms with Gasteiger partial charge in [-0.3, -0.25) is 4.79 Å². The van der Waals surface area contributed by atoms with Crippen LogP contribution in [0.2, 0.25) is 0 Å². The van der Waals surface area contributed by atoms with Crippen LogP contribution in [0.4, 0.5) is 0 Å². The molecule has 5 rings (SSSR count). The van der Waals surface area contributed by atoms with Gasteiger partial charge in [0.05, 0.1) is 18.3 Å². The molecule has 1 aromatic carbocycles. The first kappa shape index (κ1) is 29.5. The molecule has 1 amide bonds. The Labute approximate surface area is 238 Å². The molecule has 0 radical (unpaired) electrons. The zero-order valence-electron chi connectivity index (χ0n) is 24.3. The van der Waals surface area contributed by atoms with Crippen LogP contribution in [0.3, 0.4) is 0 Å². The molecule has 7 heteroatoms. The van der Waals surface area contributed by atoms with E-state index in [1.54, 1.807) is 0 Å². The third-order valence-corrected chi connectivity index (χ3v) is 12.2. The van der Waals surface area contributed by atoms with Crippen LogP contribution in [0.1, 0.15) is 84.1 Å². The minimum absolute atomic E-state index is 0.0477. The lowest BCUT2D eigenvalue weighted by molar-refractivity contribution is -0.223. The van der Waals surface area contributed by atoms with Gasteiger partial charge >= 0.3 is 5.97 Å². The predicted octanol–water partition coefficient (Wildman–Crippen LogP) is 4.18. The number of rotatable bonds is 8. The van der Waals surface area contributed by atoms with Crippen molar-refractivity contribution in [1.29, 1.82) is 0 Å². The summed E-state index contributed by atoms with van der Waals surface area (Å²) in [6.45, 7) is 6.90. The number of carboxylic acid groups (broad SMARTS) is 1. The van der Waals surface area contributed by atoms with Crippen molar-refractivity contribution in [2.24, 2.45) is 46.3 Å². The van der Waals surface area contributed by atoms with Gasteiger partial charge in [-0.25, -0.2) is 4.79 Å². The van der Waals surface area contributed by atoms with Crippen molar-refractivity contribution in [1.82, 2.24) is 5.32 Å². The molecule has 0 spiro atoms. The van der Waals surface area contributed by atoms with Crippen molar-refractivity contribution < 1.29 is 30.0 Å². The average molecular weight is 556 g/mol. The normalized spacial score (nSPS) is 42.1. The SMILES string of the molecule is C[C@H](CCC(=O)NC(Cc1ccccc1)C(=O)O)[C@H]1CC[C@H]2[C@@H]3[C@@H](O)[C@@H](O)[C@@H]4C[C@H](O)CC[C@]4(C)[C@H]3CC[C@]12C. The second-order valence-corrected chi connectivity index (χ2v) is 14.2. The molecule has 0 aromatic heterocycles. The quantitative estimate of drug-likeness (QED) is 0.328. The number of nitrogens with one attached hydrogen (secondary N) is 1. The molecule has 1 aromatic rings. The van der Waals surface area contributed by atoms with E-state index in [4.69, 9.17) is 0 Å². The lowest BCUT2D eigenvalue weighted by Gasteiger charge is -2.63. The van der Waals surface area contributed by atoms with Gasteiger partial charge in [0.25, 0.3) is 0 Å². The Kier molecular flexibility index (Phi) is 8.40. The van der Waals surface area contributed by atoms with Crippen LogP contribution < -0.4 is 5.32 Å². The minimum atomic E-state index is -1.02. The number of aliphatic hydroxyl groups excluding tert-OH is 3. The van der Waals surface area contributed by atoms with Crippen molar-refractivity contribution in [2.75, 3.05) is 0 Å². The summed E-state index contributed by atoms with van der Waals surface area (Å²) < 4.78 is 0. The summed E-state index contributed by atoms with van der Waals surface area (Å²) in [6, 6.07) is 8.42. The molecule has 0 aliphatic heterocycles. The highest BCUT2D eigenvalue weighted by Gasteiger charge is 2.65. The summed E-state index contributed by atoms with van der Waals surface area (Å²) in [5.41, 5.74) is 0.877. The highest BCUT2D eigenvalue weighted by molar-refractivity contribution is 5.83. The Morgan fingerprint density at radius 3 is 2.30 bits per heavy atom. The highest BCUT2D eigenvalue weighted by Crippen LogP contribution is 2.68. The summed E-state index contributed by atoms with van der Waals surface area (Å²) in [7, 11) is 0. The number of hydrogen-bond acceptors (Lipinski definition) is 5. The van der Waals surface area contributed by atoms with Crippen molar-refractivity contribution in [3.8, 4) is 0 Å². The number of carbonyl (C=O) groups is 2. The van der Waals surface area contributed by atoms with E-state index in [-0.39, 0.29) is 41.1 Å². The monoisotopic (exact) mass is 555 g/mol. The number of hydrogen-bond donors (Lipinski definition) is 5. The molecule has 1 unspecified atom stereocenters. The van der Waals surface area contributed by atoms with Gasteiger partial charge in [0.1, 0.15) is 6.04 Å². The first-order valence-corrected chi connectivity index (χ1v) is 15.6. The predicted molar refractivity (Wildman–Crippen MR) is 152 cm³/mol. The minimum Gasteiger partial charge on any atom is -0.480 e. The van der Waals surface area contributed by atoms with E-state index >= 15 is 0 Å². The van der Waals surface area contributed by atoms with Gasteiger partial charge < -0.3 is 25.7 Å². The second-order valence-electron chi connectivity index (χ2n) is 14.2. The zero-order chi connectivity index (χ0) is 28.8. The van der Waals surface area contributed by atoms with E-state index in [0.29, 0.717) is 42.9 Å². The van der Waals surface area contributed by atoms with E-state index in [2.05, 4.69) is 26.1 Å². The van der Waals surface area contributed by atoms with Gasteiger partial charge in [-0.15, -0.1) is 0 Å². The van der Waals surface area contributed by atoms with E-state index in [1.165, 1.54) is 0 Å². The van der Waals surface area contributed by atoms with Gasteiger partial charge in [0, 0.05) is 12.8 Å². The number of carbonyl (C=O) groups excluding carboxylic acids is 1. The molecule has 222 valence electrons. The number of benzene rings is 1. The summed E-state index contributed by atoms with van der Waals surface area (Å²) >= 11 is 0. The van der Waals surface area contributed by atoms with Crippen molar-refractivity contribution in [3.05, 3.63) is 35.9 Å². The van der Waals surface area contributed by atoms with Gasteiger partial charge in [-0.2, -0.15) is 0 Å². The molecule has 0 saturated heterocycles. The Morgan fingerprint density at radius 1 is 0.925 bits per heavy atom. The molecular weight excluding hydrogens is 506 g/mol. The fourth-order valence-electron chi connectivity index (χ4n) is 10.1. The molecule has 5 N–H and O–H groups in total. The third-order valence-electron chi connectivity index (χ3n) is 12.2. The van der Waals surface area contributed by atoms with Crippen molar-refractivity contribution >= 4 is 11.9 Å². The summed E-state index contributed by atoms with van der Waals surface area (Å²) in [6.07, 6.45) is 5.80. The lowest BCUT2D eigenvalue weighted by Crippen LogP contribution is -2.64.